The molecule has 0 aliphatic heterocycles. The van der Waals surface area contributed by atoms with E-state index >= 15 is 0 Å². The van der Waals surface area contributed by atoms with Gasteiger partial charge in [0.05, 0.1) is 13.3 Å². The highest BCUT2D eigenvalue weighted by molar-refractivity contribution is 5.51. The molecule has 1 aromatic carbocycles. The summed E-state index contributed by atoms with van der Waals surface area (Å²) in [5, 5.41) is 13.9. The molecule has 0 fully saturated rings. The van der Waals surface area contributed by atoms with Gasteiger partial charge in [-0.15, -0.1) is 0 Å². The molecule has 0 saturated heterocycles. The molecule has 0 bridgehead atoms. The molecule has 0 aliphatic carbocycles. The van der Waals surface area contributed by atoms with Crippen molar-refractivity contribution in [1.29, 1.82) is 0 Å². The van der Waals surface area contributed by atoms with Crippen LogP contribution >= 0.6 is 0 Å². The molecule has 7 heteroatoms. The third-order valence-electron chi connectivity index (χ3n) is 4.81. The zero-order valence-corrected chi connectivity index (χ0v) is 17.2. The van der Waals surface area contributed by atoms with Crippen LogP contribution in [0.25, 0.3) is 11.5 Å². The normalized spacial score (nSPS) is 11.1. The van der Waals surface area contributed by atoms with Crippen LogP contribution in [-0.4, -0.2) is 38.6 Å². The van der Waals surface area contributed by atoms with Crippen LogP contribution < -0.4 is 9.47 Å². The lowest BCUT2D eigenvalue weighted by molar-refractivity contribution is 0.277. The van der Waals surface area contributed by atoms with Gasteiger partial charge in [0, 0.05) is 25.1 Å². The molecule has 7 nitrogen and oxygen atoms in total. The number of pyridine rings is 1. The molecule has 3 aromatic rings. The third kappa shape index (κ3) is 5.12. The molecule has 0 unspecified atom stereocenters. The van der Waals surface area contributed by atoms with Gasteiger partial charge >= 0.3 is 0 Å². The second-order valence-corrected chi connectivity index (χ2v) is 6.77. The summed E-state index contributed by atoms with van der Waals surface area (Å²) in [7, 11) is 1.62. The van der Waals surface area contributed by atoms with Gasteiger partial charge in [0.2, 0.25) is 0 Å². The smallest absolute Gasteiger partial charge is 0.177 e. The van der Waals surface area contributed by atoms with Gasteiger partial charge in [-0.2, -0.15) is 5.10 Å². The highest BCUT2D eigenvalue weighted by Gasteiger charge is 2.18. The molecule has 2 heterocycles. The van der Waals surface area contributed by atoms with E-state index in [-0.39, 0.29) is 6.61 Å². The van der Waals surface area contributed by atoms with Gasteiger partial charge in [-0.25, -0.2) is 14.6 Å². The maximum absolute atomic E-state index is 9.21. The summed E-state index contributed by atoms with van der Waals surface area (Å²) in [6.07, 6.45) is 4.27. The molecule has 0 atom stereocenters. The number of hydrogen-bond donors (Lipinski definition) is 1. The molecule has 2 aromatic heterocycles. The van der Waals surface area contributed by atoms with E-state index in [1.165, 1.54) is 0 Å². The van der Waals surface area contributed by atoms with Crippen LogP contribution in [0.1, 0.15) is 44.9 Å². The third-order valence-corrected chi connectivity index (χ3v) is 4.81. The number of aryl methyl sites for hydroxylation is 1. The average molecular weight is 396 g/mol. The summed E-state index contributed by atoms with van der Waals surface area (Å²) >= 11 is 0. The van der Waals surface area contributed by atoms with E-state index in [1.807, 2.05) is 41.1 Å². The predicted molar refractivity (Wildman–Crippen MR) is 111 cm³/mol. The lowest BCUT2D eigenvalue weighted by atomic mass is 10.0. The van der Waals surface area contributed by atoms with Crippen molar-refractivity contribution in [3.63, 3.8) is 0 Å². The number of benzene rings is 1. The maximum Gasteiger partial charge on any atom is 0.177 e. The highest BCUT2D eigenvalue weighted by Crippen LogP contribution is 2.27. The van der Waals surface area contributed by atoms with Crippen molar-refractivity contribution in [2.75, 3.05) is 13.7 Å². The molecule has 154 valence electrons. The number of hydrogen-bond acceptors (Lipinski definition) is 6. The van der Waals surface area contributed by atoms with Gasteiger partial charge in [0.1, 0.15) is 22.9 Å². The number of aliphatic hydroxyl groups is 1. The van der Waals surface area contributed by atoms with E-state index in [0.717, 1.165) is 30.1 Å². The Bertz CT molecular complexity index is 905. The molecule has 0 aliphatic rings. The van der Waals surface area contributed by atoms with E-state index < -0.39 is 0 Å². The lowest BCUT2D eigenvalue weighted by Crippen LogP contribution is -2.06. The predicted octanol–water partition coefficient (Wildman–Crippen LogP) is 4.43. The van der Waals surface area contributed by atoms with Crippen molar-refractivity contribution in [3.05, 3.63) is 48.4 Å². The quantitative estimate of drug-likeness (QED) is 0.546. The summed E-state index contributed by atoms with van der Waals surface area (Å²) in [5.74, 6) is 3.91. The molecular weight excluding hydrogens is 368 g/mol. The van der Waals surface area contributed by atoms with Crippen LogP contribution in [-0.2, 0) is 6.54 Å². The van der Waals surface area contributed by atoms with Crippen molar-refractivity contribution in [2.24, 2.45) is 0 Å². The Hall–Kier alpha value is -2.93. The molecule has 0 amide bonds. The van der Waals surface area contributed by atoms with Gasteiger partial charge in [0.25, 0.3) is 0 Å². The minimum absolute atomic E-state index is 0.111. The van der Waals surface area contributed by atoms with Crippen LogP contribution in [0.15, 0.2) is 42.6 Å². The summed E-state index contributed by atoms with van der Waals surface area (Å²) in [5.41, 5.74) is 0.727. The first-order chi connectivity index (χ1) is 14.2. The van der Waals surface area contributed by atoms with E-state index in [1.54, 1.807) is 13.3 Å². The van der Waals surface area contributed by atoms with E-state index in [9.17, 15) is 5.11 Å². The van der Waals surface area contributed by atoms with Gasteiger partial charge in [0.15, 0.2) is 11.6 Å². The number of aliphatic hydroxyl groups excluding tert-OH is 1. The summed E-state index contributed by atoms with van der Waals surface area (Å²) in [6, 6.07) is 11.2. The maximum atomic E-state index is 9.21. The lowest BCUT2D eigenvalue weighted by Gasteiger charge is -2.08. The Morgan fingerprint density at radius 1 is 1.07 bits per heavy atom. The van der Waals surface area contributed by atoms with Crippen molar-refractivity contribution in [1.82, 2.24) is 19.7 Å². The van der Waals surface area contributed by atoms with E-state index in [2.05, 4.69) is 23.9 Å². The van der Waals surface area contributed by atoms with Gasteiger partial charge in [-0.3, -0.25) is 0 Å². The first-order valence-corrected chi connectivity index (χ1v) is 10.0. The monoisotopic (exact) mass is 396 g/mol. The molecule has 0 saturated carbocycles. The Morgan fingerprint density at radius 2 is 1.86 bits per heavy atom. The highest BCUT2D eigenvalue weighted by atomic mass is 16.5. The van der Waals surface area contributed by atoms with Crippen molar-refractivity contribution in [2.45, 2.75) is 45.6 Å². The Labute approximate surface area is 171 Å². The fourth-order valence-electron chi connectivity index (χ4n) is 3.13. The second kappa shape index (κ2) is 10.0. The average Bonchev–Trinajstić information content (AvgIpc) is 3.17. The molecule has 1 N–H and O–H groups in total. The number of aromatic nitrogens is 4. The van der Waals surface area contributed by atoms with Crippen LogP contribution in [0, 0.1) is 0 Å². The molecule has 0 spiro atoms. The first kappa shape index (κ1) is 20.8. The van der Waals surface area contributed by atoms with Crippen molar-refractivity contribution >= 4 is 0 Å². The van der Waals surface area contributed by atoms with Crippen molar-refractivity contribution < 1.29 is 14.6 Å². The Kier molecular flexibility index (Phi) is 7.19. The van der Waals surface area contributed by atoms with Crippen LogP contribution in [0.2, 0.25) is 0 Å². The van der Waals surface area contributed by atoms with E-state index in [4.69, 9.17) is 14.5 Å². The van der Waals surface area contributed by atoms with Gasteiger partial charge in [-0.1, -0.05) is 19.9 Å². The fraction of sp³-hybridized carbons (Fsp3) is 0.409. The van der Waals surface area contributed by atoms with Crippen LogP contribution in [0.4, 0.5) is 0 Å². The summed E-state index contributed by atoms with van der Waals surface area (Å²) in [6.45, 7) is 5.00. The van der Waals surface area contributed by atoms with Crippen LogP contribution in [0.5, 0.6) is 17.2 Å². The minimum atomic E-state index is 0.111. The zero-order valence-electron chi connectivity index (χ0n) is 17.2. The summed E-state index contributed by atoms with van der Waals surface area (Å²) in [4.78, 5) is 9.30. The molecular formula is C22H28N4O3. The number of ether oxygens (including phenoxy) is 2. The Morgan fingerprint density at radius 3 is 2.52 bits per heavy atom. The second-order valence-electron chi connectivity index (χ2n) is 6.77. The van der Waals surface area contributed by atoms with Gasteiger partial charge in [-0.05, 0) is 43.5 Å². The van der Waals surface area contributed by atoms with Gasteiger partial charge < -0.3 is 14.6 Å². The molecule has 29 heavy (non-hydrogen) atoms. The fourth-order valence-corrected chi connectivity index (χ4v) is 3.13. The first-order valence-electron chi connectivity index (χ1n) is 10.0. The Balaban J connectivity index is 1.84. The standard InChI is InChI=1S/C22H28N4O3/c1-4-16(5-2)21-24-22(26(25-21)12-7-13-27)20-11-10-19(15-23-20)29-18-9-6-8-17(14-18)28-3/h6,8-11,14-16,27H,4-5,7,12-13H2,1-3H3. The number of rotatable bonds is 10. The largest absolute Gasteiger partial charge is 0.497 e. The number of nitrogens with zero attached hydrogens (tertiary/aromatic N) is 4. The zero-order chi connectivity index (χ0) is 20.6. The topological polar surface area (TPSA) is 82.3 Å². The minimum Gasteiger partial charge on any atom is -0.497 e. The van der Waals surface area contributed by atoms with Crippen LogP contribution in [0.3, 0.4) is 0 Å². The molecule has 3 rings (SSSR count). The van der Waals surface area contributed by atoms with E-state index in [0.29, 0.717) is 36.2 Å². The van der Waals surface area contributed by atoms with Crippen molar-refractivity contribution in [3.8, 4) is 28.8 Å². The number of methoxy groups -OCH3 is 1. The summed E-state index contributed by atoms with van der Waals surface area (Å²) < 4.78 is 12.9. The SMILES string of the molecule is CCC(CC)c1nc(-c2ccc(Oc3cccc(OC)c3)cn2)n(CCCO)n1. The molecule has 0 radical (unpaired) electrons.